The number of phenols is 1. The predicted molar refractivity (Wildman–Crippen MR) is 140 cm³/mol. The molecule has 6 rings (SSSR count). The van der Waals surface area contributed by atoms with E-state index in [1.807, 2.05) is 12.1 Å². The molecule has 3 aliphatic heterocycles. The first-order valence-corrected chi connectivity index (χ1v) is 13.1. The second kappa shape index (κ2) is 8.08. The van der Waals surface area contributed by atoms with E-state index in [4.69, 9.17) is 14.2 Å². The Morgan fingerprint density at radius 2 is 1.89 bits per heavy atom. The van der Waals surface area contributed by atoms with Gasteiger partial charge in [0.2, 0.25) is 0 Å². The van der Waals surface area contributed by atoms with Gasteiger partial charge in [-0.1, -0.05) is 32.1 Å². The van der Waals surface area contributed by atoms with Gasteiger partial charge in [0.1, 0.15) is 29.8 Å². The lowest BCUT2D eigenvalue weighted by atomic mass is 9.64. The van der Waals surface area contributed by atoms with Crippen molar-refractivity contribution in [3.05, 3.63) is 52.1 Å². The lowest BCUT2D eigenvalue weighted by Crippen LogP contribution is -2.45. The van der Waals surface area contributed by atoms with Gasteiger partial charge < -0.3 is 19.3 Å². The van der Waals surface area contributed by atoms with Crippen LogP contribution < -0.4 is 14.2 Å². The molecule has 0 bridgehead atoms. The average molecular weight is 473 g/mol. The van der Waals surface area contributed by atoms with Gasteiger partial charge in [0.05, 0.1) is 0 Å². The van der Waals surface area contributed by atoms with Crippen molar-refractivity contribution in [3.8, 4) is 23.0 Å². The third-order valence-electron chi connectivity index (χ3n) is 8.49. The molecule has 4 nitrogen and oxygen atoms in total. The Bertz CT molecular complexity index is 1230. The van der Waals surface area contributed by atoms with Gasteiger partial charge in [-0.25, -0.2) is 0 Å². The zero-order valence-corrected chi connectivity index (χ0v) is 21.3. The summed E-state index contributed by atoms with van der Waals surface area (Å²) in [6, 6.07) is 6.16. The molecule has 2 aromatic rings. The second-order valence-corrected chi connectivity index (χ2v) is 12.0. The summed E-state index contributed by atoms with van der Waals surface area (Å²) in [5.41, 5.74) is 5.33. The topological polar surface area (TPSA) is 47.9 Å². The third kappa shape index (κ3) is 4.01. The van der Waals surface area contributed by atoms with Crippen LogP contribution in [0, 0.1) is 11.3 Å². The van der Waals surface area contributed by atoms with Crippen LogP contribution in [0.3, 0.4) is 0 Å². The Balaban J connectivity index is 1.38. The van der Waals surface area contributed by atoms with Crippen LogP contribution in [-0.4, -0.2) is 23.4 Å². The first-order chi connectivity index (χ1) is 16.7. The largest absolute Gasteiger partial charge is 0.508 e. The Labute approximate surface area is 208 Å². The number of rotatable bonds is 2. The fourth-order valence-corrected chi connectivity index (χ4v) is 6.40. The van der Waals surface area contributed by atoms with Crippen LogP contribution in [0.5, 0.6) is 23.0 Å². The summed E-state index contributed by atoms with van der Waals surface area (Å²) in [6.45, 7) is 9.55. The zero-order chi connectivity index (χ0) is 24.4. The lowest BCUT2D eigenvalue weighted by Gasteiger charge is -2.47. The van der Waals surface area contributed by atoms with Crippen molar-refractivity contribution in [2.24, 2.45) is 11.3 Å². The van der Waals surface area contributed by atoms with E-state index in [9.17, 15) is 5.11 Å². The molecule has 0 aromatic heterocycles. The van der Waals surface area contributed by atoms with Crippen LogP contribution in [0.1, 0.15) is 81.2 Å². The lowest BCUT2D eigenvalue weighted by molar-refractivity contribution is -0.00734. The van der Waals surface area contributed by atoms with Crippen LogP contribution in [0.25, 0.3) is 18.2 Å². The van der Waals surface area contributed by atoms with Crippen molar-refractivity contribution in [1.29, 1.82) is 0 Å². The van der Waals surface area contributed by atoms with Crippen LogP contribution >= 0.6 is 0 Å². The smallest absolute Gasteiger partial charge is 0.169 e. The van der Waals surface area contributed by atoms with Gasteiger partial charge in [-0.15, -0.1) is 0 Å². The van der Waals surface area contributed by atoms with Crippen LogP contribution in [-0.2, 0) is 12.8 Å². The molecule has 0 spiro atoms. The fourth-order valence-electron chi connectivity index (χ4n) is 6.40. The molecule has 2 atom stereocenters. The minimum Gasteiger partial charge on any atom is -0.508 e. The summed E-state index contributed by atoms with van der Waals surface area (Å²) in [7, 11) is 0. The highest BCUT2D eigenvalue weighted by atomic mass is 16.5. The Kier molecular flexibility index (Phi) is 5.21. The summed E-state index contributed by atoms with van der Waals surface area (Å²) in [5, 5.41) is 10.7. The van der Waals surface area contributed by atoms with Gasteiger partial charge in [0, 0.05) is 17.0 Å². The molecule has 184 valence electrons. The zero-order valence-electron chi connectivity index (χ0n) is 21.3. The van der Waals surface area contributed by atoms with Gasteiger partial charge in [0.25, 0.3) is 0 Å². The van der Waals surface area contributed by atoms with Gasteiger partial charge in [-0.05, 0) is 98.8 Å². The summed E-state index contributed by atoms with van der Waals surface area (Å²) in [5.74, 6) is 3.45. The van der Waals surface area contributed by atoms with Crippen molar-refractivity contribution < 1.29 is 19.3 Å². The van der Waals surface area contributed by atoms with Gasteiger partial charge in [-0.3, -0.25) is 0 Å². The van der Waals surface area contributed by atoms with Crippen molar-refractivity contribution in [2.45, 2.75) is 77.9 Å². The molecule has 1 aliphatic carbocycles. The van der Waals surface area contributed by atoms with Crippen molar-refractivity contribution >= 4 is 18.2 Å². The van der Waals surface area contributed by atoms with E-state index in [2.05, 4.69) is 58.1 Å². The molecule has 0 radical (unpaired) electrons. The minimum absolute atomic E-state index is 0.216. The van der Waals surface area contributed by atoms with Crippen LogP contribution in [0.15, 0.2) is 24.3 Å². The monoisotopic (exact) mass is 472 g/mol. The molecular weight excluding hydrogens is 436 g/mol. The second-order valence-electron chi connectivity index (χ2n) is 12.0. The molecule has 35 heavy (non-hydrogen) atoms. The standard InChI is InChI=1S/C31H36O4/c1-30(2)12-5-8-26-24(30)18-21-17-20(22-7-6-14-33-29(22)28(21)34-26)10-9-19-15-25(32)23-11-13-31(3,4)35-27(23)16-19/h6-7,9-10,15-17,24,26,32H,5,8,11-14,18H2,1-4H3/b10-9+. The molecule has 3 heterocycles. The van der Waals surface area contributed by atoms with Gasteiger partial charge >= 0.3 is 0 Å². The summed E-state index contributed by atoms with van der Waals surface area (Å²) in [4.78, 5) is 0. The van der Waals surface area contributed by atoms with E-state index in [0.717, 1.165) is 65.2 Å². The number of hydrogen-bond acceptors (Lipinski definition) is 4. The molecule has 2 aromatic carbocycles. The minimum atomic E-state index is -0.216. The summed E-state index contributed by atoms with van der Waals surface area (Å²) >= 11 is 0. The highest BCUT2D eigenvalue weighted by Crippen LogP contribution is 2.52. The summed E-state index contributed by atoms with van der Waals surface area (Å²) in [6.07, 6.45) is 15.0. The maximum absolute atomic E-state index is 10.7. The SMILES string of the molecule is CC1(C)CCc2c(O)cc(/C=C/c3cc4c(c5c3C=CCO5)OC3CCCC(C)(C)C3C4)cc2O1. The number of aromatic hydroxyl groups is 1. The molecule has 1 saturated carbocycles. The molecule has 4 aliphatic rings. The third-order valence-corrected chi connectivity index (χ3v) is 8.49. The molecule has 1 fully saturated rings. The maximum Gasteiger partial charge on any atom is 0.169 e. The first kappa shape index (κ1) is 22.6. The normalized spacial score (nSPS) is 25.4. The van der Waals surface area contributed by atoms with Gasteiger partial charge in [0.15, 0.2) is 11.5 Å². The van der Waals surface area contributed by atoms with E-state index < -0.39 is 0 Å². The number of hydrogen-bond donors (Lipinski definition) is 1. The molecular formula is C31H36O4. The number of benzene rings is 2. The van der Waals surface area contributed by atoms with Crippen LogP contribution in [0.2, 0.25) is 0 Å². The predicted octanol–water partition coefficient (Wildman–Crippen LogP) is 7.20. The highest BCUT2D eigenvalue weighted by Gasteiger charge is 2.44. The average Bonchev–Trinajstić information content (AvgIpc) is 2.81. The van der Waals surface area contributed by atoms with Gasteiger partial charge in [-0.2, -0.15) is 0 Å². The highest BCUT2D eigenvalue weighted by molar-refractivity contribution is 5.81. The van der Waals surface area contributed by atoms with Crippen molar-refractivity contribution in [3.63, 3.8) is 0 Å². The van der Waals surface area contributed by atoms with E-state index in [0.29, 0.717) is 18.3 Å². The molecule has 2 unspecified atom stereocenters. The quantitative estimate of drug-likeness (QED) is 0.470. The number of ether oxygens (including phenoxy) is 3. The Hall–Kier alpha value is -2.88. The van der Waals surface area contributed by atoms with Crippen LogP contribution in [0.4, 0.5) is 0 Å². The molecule has 0 amide bonds. The van der Waals surface area contributed by atoms with E-state index in [1.54, 1.807) is 0 Å². The Morgan fingerprint density at radius 3 is 2.74 bits per heavy atom. The van der Waals surface area contributed by atoms with E-state index in [1.165, 1.54) is 18.4 Å². The summed E-state index contributed by atoms with van der Waals surface area (Å²) < 4.78 is 19.0. The maximum atomic E-state index is 10.7. The van der Waals surface area contributed by atoms with E-state index >= 15 is 0 Å². The Morgan fingerprint density at radius 1 is 1.03 bits per heavy atom. The molecule has 0 saturated heterocycles. The van der Waals surface area contributed by atoms with Crippen molar-refractivity contribution in [1.82, 2.24) is 0 Å². The molecule has 1 N–H and O–H groups in total. The molecule has 4 heteroatoms. The first-order valence-electron chi connectivity index (χ1n) is 13.1. The number of phenolic OH excluding ortho intramolecular Hbond substituents is 1. The fraction of sp³-hybridized carbons (Fsp3) is 0.484. The van der Waals surface area contributed by atoms with E-state index in [-0.39, 0.29) is 17.1 Å². The van der Waals surface area contributed by atoms with Crippen molar-refractivity contribution in [2.75, 3.05) is 6.61 Å². The number of fused-ring (bicyclic) bond motifs is 5.